The zero-order valence-electron chi connectivity index (χ0n) is 21.9. The van der Waals surface area contributed by atoms with Crippen molar-refractivity contribution in [2.45, 2.75) is 45.7 Å². The molecule has 1 aromatic heterocycles. The van der Waals surface area contributed by atoms with E-state index in [2.05, 4.69) is 6.92 Å². The number of aliphatic hydroxyl groups is 1. The van der Waals surface area contributed by atoms with Crippen molar-refractivity contribution in [3.8, 4) is 17.2 Å². The number of hydrogen-bond acceptors (Lipinski definition) is 7. The molecule has 8 heteroatoms. The van der Waals surface area contributed by atoms with Crippen LogP contribution < -0.4 is 14.2 Å². The maximum absolute atomic E-state index is 13.4. The first-order valence-electron chi connectivity index (χ1n) is 12.8. The minimum absolute atomic E-state index is 0.0196. The Hall–Kier alpha value is -4.20. The molecule has 0 saturated carbocycles. The molecule has 1 unspecified atom stereocenters. The van der Waals surface area contributed by atoms with E-state index in [1.54, 1.807) is 54.6 Å². The Morgan fingerprint density at radius 3 is 2.55 bits per heavy atom. The molecule has 2 heterocycles. The fourth-order valence-corrected chi connectivity index (χ4v) is 4.52. The van der Waals surface area contributed by atoms with Crippen LogP contribution in [0.2, 0.25) is 0 Å². The Kier molecular flexibility index (Phi) is 8.73. The summed E-state index contributed by atoms with van der Waals surface area (Å²) in [6.45, 7) is 5.04. The van der Waals surface area contributed by atoms with Gasteiger partial charge in [-0.2, -0.15) is 0 Å². The number of unbranched alkanes of at least 4 members (excludes halogenated alkanes) is 2. The normalized spacial score (nSPS) is 16.6. The fraction of sp³-hybridized carbons (Fsp3) is 0.333. The third-order valence-corrected chi connectivity index (χ3v) is 6.37. The van der Waals surface area contributed by atoms with Crippen LogP contribution >= 0.6 is 0 Å². The number of ketones is 1. The van der Waals surface area contributed by atoms with Crippen LogP contribution in [0.15, 0.2) is 70.9 Å². The molecule has 1 N–H and O–H groups in total. The van der Waals surface area contributed by atoms with E-state index < -0.39 is 17.7 Å². The van der Waals surface area contributed by atoms with Crippen LogP contribution in [0.4, 0.5) is 0 Å². The molecule has 1 atom stereocenters. The van der Waals surface area contributed by atoms with Crippen molar-refractivity contribution in [3.63, 3.8) is 0 Å². The Morgan fingerprint density at radius 1 is 1.00 bits per heavy atom. The molecule has 200 valence electrons. The van der Waals surface area contributed by atoms with E-state index >= 15 is 0 Å². The zero-order chi connectivity index (χ0) is 27.1. The number of benzene rings is 2. The van der Waals surface area contributed by atoms with E-state index in [0.717, 1.165) is 19.3 Å². The Labute approximate surface area is 222 Å². The van der Waals surface area contributed by atoms with Crippen molar-refractivity contribution in [1.82, 2.24) is 4.90 Å². The number of likely N-dealkylation sites (tertiary alicyclic amines) is 1. The summed E-state index contributed by atoms with van der Waals surface area (Å²) in [5.41, 5.74) is 0.949. The average Bonchev–Trinajstić information content (AvgIpc) is 3.53. The molecule has 1 fully saturated rings. The van der Waals surface area contributed by atoms with Crippen molar-refractivity contribution in [1.29, 1.82) is 0 Å². The quantitative estimate of drug-likeness (QED) is 0.138. The summed E-state index contributed by atoms with van der Waals surface area (Å²) in [6.07, 6.45) is 4.58. The van der Waals surface area contributed by atoms with Gasteiger partial charge in [-0.05, 0) is 55.3 Å². The molecule has 1 aliphatic rings. The van der Waals surface area contributed by atoms with Crippen LogP contribution in [0, 0.1) is 0 Å². The minimum Gasteiger partial charge on any atom is -0.507 e. The van der Waals surface area contributed by atoms with Gasteiger partial charge >= 0.3 is 0 Å². The van der Waals surface area contributed by atoms with Gasteiger partial charge in [-0.1, -0.05) is 38.0 Å². The summed E-state index contributed by atoms with van der Waals surface area (Å²) in [4.78, 5) is 28.0. The van der Waals surface area contributed by atoms with Gasteiger partial charge in [-0.3, -0.25) is 9.59 Å². The number of amides is 1. The molecule has 1 aliphatic heterocycles. The Morgan fingerprint density at radius 2 is 1.84 bits per heavy atom. The second-order valence-electron chi connectivity index (χ2n) is 8.93. The van der Waals surface area contributed by atoms with Gasteiger partial charge in [-0.15, -0.1) is 0 Å². The molecular weight excluding hydrogens is 486 g/mol. The number of furan rings is 1. The highest BCUT2D eigenvalue weighted by Gasteiger charge is 2.46. The van der Waals surface area contributed by atoms with Crippen LogP contribution in [0.3, 0.4) is 0 Å². The number of nitrogens with zero attached hydrogens (tertiary/aromatic N) is 1. The monoisotopic (exact) mass is 519 g/mol. The highest BCUT2D eigenvalue weighted by atomic mass is 16.5. The molecule has 2 aromatic carbocycles. The lowest BCUT2D eigenvalue weighted by atomic mass is 9.95. The lowest BCUT2D eigenvalue weighted by molar-refractivity contribution is -0.140. The average molecular weight is 520 g/mol. The largest absolute Gasteiger partial charge is 0.507 e. The predicted molar refractivity (Wildman–Crippen MR) is 142 cm³/mol. The van der Waals surface area contributed by atoms with Gasteiger partial charge in [0.15, 0.2) is 11.5 Å². The van der Waals surface area contributed by atoms with Crippen molar-refractivity contribution >= 4 is 17.4 Å². The fourth-order valence-electron chi connectivity index (χ4n) is 4.52. The summed E-state index contributed by atoms with van der Waals surface area (Å²) in [5, 5.41) is 11.4. The highest BCUT2D eigenvalue weighted by molar-refractivity contribution is 6.46. The van der Waals surface area contributed by atoms with Gasteiger partial charge in [0.1, 0.15) is 17.3 Å². The standard InChI is InChI=1S/C30H33NO7/c1-4-6-7-15-38-24-14-13-20(18-25(24)35-3)27-26(28(32)21-10-8-11-22(17-21)36-5-2)29(33)30(34)31(27)19-23-12-9-16-37-23/h8-14,16-18,27,32H,4-7,15,19H2,1-3H3/b28-26+. The molecule has 38 heavy (non-hydrogen) atoms. The van der Waals surface area contributed by atoms with Gasteiger partial charge in [0.25, 0.3) is 11.7 Å². The number of carbonyl (C=O) groups is 2. The lowest BCUT2D eigenvalue weighted by Crippen LogP contribution is -2.29. The third kappa shape index (κ3) is 5.69. The molecule has 8 nitrogen and oxygen atoms in total. The number of rotatable bonds is 12. The SMILES string of the molecule is CCCCCOc1ccc(C2/C(=C(\O)c3cccc(OCC)c3)C(=O)C(=O)N2Cc2ccco2)cc1OC. The maximum atomic E-state index is 13.4. The number of ether oxygens (including phenoxy) is 3. The van der Waals surface area contributed by atoms with Gasteiger partial charge in [-0.25, -0.2) is 0 Å². The van der Waals surface area contributed by atoms with E-state index in [0.29, 0.717) is 47.3 Å². The molecule has 1 amide bonds. The van der Waals surface area contributed by atoms with Crippen LogP contribution in [0.25, 0.3) is 5.76 Å². The highest BCUT2D eigenvalue weighted by Crippen LogP contribution is 2.43. The second-order valence-corrected chi connectivity index (χ2v) is 8.93. The minimum atomic E-state index is -0.876. The van der Waals surface area contributed by atoms with E-state index in [4.69, 9.17) is 18.6 Å². The summed E-state index contributed by atoms with van der Waals surface area (Å²) >= 11 is 0. The van der Waals surface area contributed by atoms with Crippen LogP contribution in [0.5, 0.6) is 17.2 Å². The Bertz CT molecular complexity index is 1300. The van der Waals surface area contributed by atoms with E-state index in [9.17, 15) is 14.7 Å². The number of hydrogen-bond donors (Lipinski definition) is 1. The summed E-state index contributed by atoms with van der Waals surface area (Å²) in [5.74, 6) is 0.311. The number of Topliss-reactive ketones (excluding diaryl/α,β-unsaturated/α-hetero) is 1. The molecule has 0 bridgehead atoms. The smallest absolute Gasteiger partial charge is 0.296 e. The molecule has 3 aromatic rings. The summed E-state index contributed by atoms with van der Waals surface area (Å²) < 4.78 is 22.5. The number of carbonyl (C=O) groups excluding carboxylic acids is 2. The zero-order valence-corrected chi connectivity index (χ0v) is 21.9. The molecule has 0 aliphatic carbocycles. The van der Waals surface area contributed by atoms with Gasteiger partial charge in [0, 0.05) is 5.56 Å². The van der Waals surface area contributed by atoms with Gasteiger partial charge in [0.05, 0.1) is 44.7 Å². The first-order chi connectivity index (χ1) is 18.5. The first kappa shape index (κ1) is 26.9. The number of methoxy groups -OCH3 is 1. The summed E-state index contributed by atoms with van der Waals surface area (Å²) in [6, 6.07) is 14.7. The van der Waals surface area contributed by atoms with Crippen LogP contribution in [-0.2, 0) is 16.1 Å². The lowest BCUT2D eigenvalue weighted by Gasteiger charge is -2.25. The molecular formula is C30H33NO7. The Balaban J connectivity index is 1.79. The maximum Gasteiger partial charge on any atom is 0.296 e. The topological polar surface area (TPSA) is 98.4 Å². The van der Waals surface area contributed by atoms with Crippen molar-refractivity contribution in [3.05, 3.63) is 83.3 Å². The van der Waals surface area contributed by atoms with Crippen molar-refractivity contribution < 1.29 is 33.3 Å². The molecule has 0 spiro atoms. The van der Waals surface area contributed by atoms with Gasteiger partial charge < -0.3 is 28.6 Å². The van der Waals surface area contributed by atoms with Gasteiger partial charge in [0.2, 0.25) is 0 Å². The first-order valence-corrected chi connectivity index (χ1v) is 12.8. The predicted octanol–water partition coefficient (Wildman–Crippen LogP) is 5.88. The number of aliphatic hydroxyl groups excluding tert-OH is 1. The molecule has 4 rings (SSSR count). The second kappa shape index (κ2) is 12.4. The van der Waals surface area contributed by atoms with E-state index in [1.165, 1.54) is 18.3 Å². The van der Waals surface area contributed by atoms with E-state index in [1.807, 2.05) is 6.92 Å². The molecule has 1 saturated heterocycles. The van der Waals surface area contributed by atoms with E-state index in [-0.39, 0.29) is 17.9 Å². The third-order valence-electron chi connectivity index (χ3n) is 6.37. The van der Waals surface area contributed by atoms with Crippen molar-refractivity contribution in [2.24, 2.45) is 0 Å². The van der Waals surface area contributed by atoms with Crippen LogP contribution in [0.1, 0.15) is 56.0 Å². The van der Waals surface area contributed by atoms with Crippen LogP contribution in [-0.4, -0.2) is 42.0 Å². The summed E-state index contributed by atoms with van der Waals surface area (Å²) in [7, 11) is 1.54. The molecule has 0 radical (unpaired) electrons. The van der Waals surface area contributed by atoms with Crippen molar-refractivity contribution in [2.75, 3.05) is 20.3 Å².